The van der Waals surface area contributed by atoms with Crippen molar-refractivity contribution < 1.29 is 4.74 Å². The lowest BCUT2D eigenvalue weighted by atomic mass is 9.93. The maximum Gasteiger partial charge on any atom is 0.141 e. The number of ether oxygens (including phenoxy) is 1. The molecule has 2 heterocycles. The second kappa shape index (κ2) is 8.24. The Morgan fingerprint density at radius 3 is 1.68 bits per heavy atom. The Morgan fingerprint density at radius 2 is 0.946 bits per heavy atom. The van der Waals surface area contributed by atoms with Crippen LogP contribution in [0.1, 0.15) is 0 Å². The molecule has 0 fully saturated rings. The summed E-state index contributed by atoms with van der Waals surface area (Å²) < 4.78 is 6.13. The van der Waals surface area contributed by atoms with E-state index in [0.717, 1.165) is 21.3 Å². The standard InChI is InChI=1S/C34H20OS2/c1-2-9-25-23(7-1)24-8-3-4-10-26(24)28-19-21(13-15-27(25)28)31-17-18-32(36-31)22-14-16-30-34(20-22)37-33-12-6-5-11-29(33)35-30/h1-20H. The molecule has 0 unspecified atom stereocenters. The van der Waals surface area contributed by atoms with Crippen LogP contribution in [0, 0.1) is 0 Å². The fraction of sp³-hybridized carbons (Fsp3) is 0. The molecule has 174 valence electrons. The van der Waals surface area contributed by atoms with Crippen LogP contribution in [-0.2, 0) is 0 Å². The van der Waals surface area contributed by atoms with Crippen LogP contribution in [0.4, 0.5) is 0 Å². The molecule has 0 saturated carbocycles. The van der Waals surface area contributed by atoms with Crippen LogP contribution < -0.4 is 4.74 Å². The quantitative estimate of drug-likeness (QED) is 0.215. The molecule has 0 saturated heterocycles. The highest BCUT2D eigenvalue weighted by Crippen LogP contribution is 2.48. The van der Waals surface area contributed by atoms with E-state index in [2.05, 4.69) is 109 Å². The Balaban J connectivity index is 1.22. The molecule has 1 aromatic heterocycles. The second-order valence-corrected chi connectivity index (χ2v) is 11.5. The zero-order valence-corrected chi connectivity index (χ0v) is 21.4. The lowest BCUT2D eigenvalue weighted by Crippen LogP contribution is -1.94. The molecular formula is C34H20OS2. The highest BCUT2D eigenvalue weighted by Gasteiger charge is 2.18. The van der Waals surface area contributed by atoms with Crippen molar-refractivity contribution in [3.63, 3.8) is 0 Å². The first-order chi connectivity index (χ1) is 18.3. The van der Waals surface area contributed by atoms with Crippen LogP contribution in [-0.4, -0.2) is 0 Å². The highest BCUT2D eigenvalue weighted by atomic mass is 32.2. The van der Waals surface area contributed by atoms with E-state index in [1.165, 1.54) is 53.2 Å². The fourth-order valence-corrected chi connectivity index (χ4v) is 7.38. The molecule has 0 atom stereocenters. The minimum atomic E-state index is 0.929. The molecule has 1 nitrogen and oxygen atoms in total. The van der Waals surface area contributed by atoms with Gasteiger partial charge in [0.15, 0.2) is 0 Å². The van der Waals surface area contributed by atoms with Gasteiger partial charge < -0.3 is 4.74 Å². The molecule has 6 aromatic carbocycles. The summed E-state index contributed by atoms with van der Waals surface area (Å²) in [7, 11) is 0. The van der Waals surface area contributed by atoms with Gasteiger partial charge in [-0.25, -0.2) is 0 Å². The molecular weight excluding hydrogens is 489 g/mol. The van der Waals surface area contributed by atoms with E-state index in [1.807, 2.05) is 23.5 Å². The predicted molar refractivity (Wildman–Crippen MR) is 158 cm³/mol. The summed E-state index contributed by atoms with van der Waals surface area (Å²) in [4.78, 5) is 4.87. The molecule has 7 aromatic rings. The van der Waals surface area contributed by atoms with Gasteiger partial charge in [-0.1, -0.05) is 84.6 Å². The van der Waals surface area contributed by atoms with Gasteiger partial charge in [0, 0.05) is 9.75 Å². The number of para-hydroxylation sites is 1. The van der Waals surface area contributed by atoms with Crippen LogP contribution >= 0.6 is 23.1 Å². The Labute approximate surface area is 223 Å². The summed E-state index contributed by atoms with van der Waals surface area (Å²) in [6, 6.07) is 43.7. The van der Waals surface area contributed by atoms with E-state index in [1.54, 1.807) is 11.8 Å². The normalized spacial score (nSPS) is 12.4. The zero-order valence-electron chi connectivity index (χ0n) is 19.8. The van der Waals surface area contributed by atoms with Crippen molar-refractivity contribution >= 4 is 55.4 Å². The van der Waals surface area contributed by atoms with Crippen LogP contribution in [0.2, 0.25) is 0 Å². The number of rotatable bonds is 2. The van der Waals surface area contributed by atoms with Gasteiger partial charge in [0.25, 0.3) is 0 Å². The van der Waals surface area contributed by atoms with Crippen LogP contribution in [0.25, 0.3) is 53.2 Å². The Kier molecular flexibility index (Phi) is 4.69. The van der Waals surface area contributed by atoms with Crippen LogP contribution in [0.15, 0.2) is 131 Å². The van der Waals surface area contributed by atoms with Crippen molar-refractivity contribution in [3.8, 4) is 32.4 Å². The predicted octanol–water partition coefficient (Wildman–Crippen LogP) is 10.8. The SMILES string of the molecule is c1ccc2c(c1)Oc1ccc(-c3ccc(-c4ccc5c6ccccc6c6ccccc6c5c4)s3)cc1S2. The molecule has 0 bridgehead atoms. The number of hydrogen-bond donors (Lipinski definition) is 0. The van der Waals surface area contributed by atoms with Crippen molar-refractivity contribution in [2.75, 3.05) is 0 Å². The Morgan fingerprint density at radius 1 is 0.405 bits per heavy atom. The number of thiophene rings is 1. The molecule has 0 amide bonds. The summed E-state index contributed by atoms with van der Waals surface area (Å²) in [5.74, 6) is 1.86. The van der Waals surface area contributed by atoms with Gasteiger partial charge in [-0.05, 0) is 92.0 Å². The highest BCUT2D eigenvalue weighted by molar-refractivity contribution is 7.99. The maximum absolute atomic E-state index is 6.13. The molecule has 0 aliphatic carbocycles. The Hall–Kier alpha value is -4.05. The summed E-state index contributed by atoms with van der Waals surface area (Å²) in [5, 5.41) is 7.86. The van der Waals surface area contributed by atoms with E-state index in [4.69, 9.17) is 4.74 Å². The van der Waals surface area contributed by atoms with Crippen molar-refractivity contribution in [2.24, 2.45) is 0 Å². The first-order valence-corrected chi connectivity index (χ1v) is 14.0. The smallest absolute Gasteiger partial charge is 0.141 e. The average Bonchev–Trinajstić information content (AvgIpc) is 3.46. The Bertz CT molecular complexity index is 1960. The molecule has 8 rings (SSSR count). The van der Waals surface area contributed by atoms with E-state index in [-0.39, 0.29) is 0 Å². The summed E-state index contributed by atoms with van der Waals surface area (Å²) in [5.41, 5.74) is 2.48. The summed E-state index contributed by atoms with van der Waals surface area (Å²) in [6.45, 7) is 0. The molecule has 3 heteroatoms. The number of hydrogen-bond acceptors (Lipinski definition) is 3. The van der Waals surface area contributed by atoms with Gasteiger partial charge in [0.05, 0.1) is 9.79 Å². The number of benzene rings is 6. The van der Waals surface area contributed by atoms with Gasteiger partial charge in [-0.15, -0.1) is 11.3 Å². The second-order valence-electron chi connectivity index (χ2n) is 9.33. The monoisotopic (exact) mass is 508 g/mol. The largest absolute Gasteiger partial charge is 0.455 e. The van der Waals surface area contributed by atoms with Gasteiger partial charge in [0.1, 0.15) is 11.5 Å². The van der Waals surface area contributed by atoms with Crippen molar-refractivity contribution in [2.45, 2.75) is 9.79 Å². The first-order valence-electron chi connectivity index (χ1n) is 12.3. The van der Waals surface area contributed by atoms with Crippen molar-refractivity contribution in [3.05, 3.63) is 121 Å². The van der Waals surface area contributed by atoms with E-state index < -0.39 is 0 Å². The van der Waals surface area contributed by atoms with Crippen molar-refractivity contribution in [1.29, 1.82) is 0 Å². The average molecular weight is 509 g/mol. The van der Waals surface area contributed by atoms with E-state index in [9.17, 15) is 0 Å². The number of fused-ring (bicyclic) bond motifs is 8. The van der Waals surface area contributed by atoms with Gasteiger partial charge >= 0.3 is 0 Å². The third-order valence-electron chi connectivity index (χ3n) is 7.15. The zero-order chi connectivity index (χ0) is 24.3. The van der Waals surface area contributed by atoms with Gasteiger partial charge in [0.2, 0.25) is 0 Å². The van der Waals surface area contributed by atoms with Crippen molar-refractivity contribution in [1.82, 2.24) is 0 Å². The van der Waals surface area contributed by atoms with E-state index in [0.29, 0.717) is 0 Å². The summed E-state index contributed by atoms with van der Waals surface area (Å²) in [6.07, 6.45) is 0. The summed E-state index contributed by atoms with van der Waals surface area (Å²) >= 11 is 3.62. The third kappa shape index (κ3) is 3.39. The fourth-order valence-electron chi connectivity index (χ4n) is 5.39. The van der Waals surface area contributed by atoms with Gasteiger partial charge in [-0.2, -0.15) is 0 Å². The molecule has 0 N–H and O–H groups in total. The third-order valence-corrected chi connectivity index (χ3v) is 9.43. The lowest BCUT2D eigenvalue weighted by molar-refractivity contribution is 0.454. The van der Waals surface area contributed by atoms with Crippen LogP contribution in [0.5, 0.6) is 11.5 Å². The molecule has 1 aliphatic heterocycles. The lowest BCUT2D eigenvalue weighted by Gasteiger charge is -2.19. The van der Waals surface area contributed by atoms with Gasteiger partial charge in [-0.3, -0.25) is 0 Å². The molecule has 0 radical (unpaired) electrons. The minimum absolute atomic E-state index is 0.929. The minimum Gasteiger partial charge on any atom is -0.455 e. The first kappa shape index (κ1) is 21.1. The van der Waals surface area contributed by atoms with E-state index >= 15 is 0 Å². The topological polar surface area (TPSA) is 9.23 Å². The molecule has 0 spiro atoms. The maximum atomic E-state index is 6.13. The van der Waals surface area contributed by atoms with Crippen LogP contribution in [0.3, 0.4) is 0 Å². The molecule has 37 heavy (non-hydrogen) atoms. The molecule has 1 aliphatic rings.